The Morgan fingerprint density at radius 3 is 3.05 bits per heavy atom. The molecule has 19 heavy (non-hydrogen) atoms. The first-order chi connectivity index (χ1) is 9.15. The molecule has 0 radical (unpaired) electrons. The van der Waals surface area contributed by atoms with E-state index in [4.69, 9.17) is 5.73 Å². The molecule has 0 fully saturated rings. The van der Waals surface area contributed by atoms with Crippen molar-refractivity contribution in [1.82, 2.24) is 10.3 Å². The van der Waals surface area contributed by atoms with E-state index in [0.717, 1.165) is 16.3 Å². The van der Waals surface area contributed by atoms with Crippen LogP contribution in [0.3, 0.4) is 0 Å². The molecule has 0 aliphatic rings. The summed E-state index contributed by atoms with van der Waals surface area (Å²) in [6.45, 7) is 2.59. The van der Waals surface area contributed by atoms with Crippen LogP contribution in [0.4, 0.5) is 5.13 Å². The topological polar surface area (TPSA) is 68.0 Å². The van der Waals surface area contributed by atoms with E-state index in [9.17, 15) is 4.79 Å². The molecule has 2 heterocycles. The van der Waals surface area contributed by atoms with Crippen LogP contribution in [0.2, 0.25) is 0 Å². The highest BCUT2D eigenvalue weighted by Crippen LogP contribution is 2.30. The van der Waals surface area contributed by atoms with E-state index >= 15 is 0 Å². The van der Waals surface area contributed by atoms with Gasteiger partial charge in [-0.2, -0.15) is 0 Å². The molecule has 0 aliphatic heterocycles. The third kappa shape index (κ3) is 4.52. The molecular formula is C12H15N3OS3. The fraction of sp³-hybridized carbons (Fsp3) is 0.333. The maximum Gasteiger partial charge on any atom is 0.230 e. The van der Waals surface area contributed by atoms with E-state index < -0.39 is 0 Å². The molecule has 0 aliphatic carbocycles. The lowest BCUT2D eigenvalue weighted by Crippen LogP contribution is -2.27. The first-order valence-corrected chi connectivity index (χ1v) is 8.48. The Bertz CT molecular complexity index is 536. The number of nitrogens with zero attached hydrogens (tertiary/aromatic N) is 1. The minimum absolute atomic E-state index is 0.0490. The summed E-state index contributed by atoms with van der Waals surface area (Å²) in [6, 6.07) is 4.10. The summed E-state index contributed by atoms with van der Waals surface area (Å²) in [5.41, 5.74) is 6.52. The number of hydrogen-bond donors (Lipinski definition) is 2. The second-order valence-electron chi connectivity index (χ2n) is 3.89. The van der Waals surface area contributed by atoms with Gasteiger partial charge in [0.15, 0.2) is 5.13 Å². The molecule has 0 saturated carbocycles. The number of thiazole rings is 1. The maximum absolute atomic E-state index is 11.7. The van der Waals surface area contributed by atoms with Gasteiger partial charge in [-0.25, -0.2) is 4.98 Å². The number of thioether (sulfide) groups is 1. The number of thiophene rings is 1. The second-order valence-corrected chi connectivity index (χ2v) is 7.20. The van der Waals surface area contributed by atoms with E-state index in [1.54, 1.807) is 11.3 Å². The van der Waals surface area contributed by atoms with Crippen LogP contribution < -0.4 is 11.1 Å². The van der Waals surface area contributed by atoms with Gasteiger partial charge in [0.25, 0.3) is 0 Å². The summed E-state index contributed by atoms with van der Waals surface area (Å²) in [5.74, 6) is 0.459. The van der Waals surface area contributed by atoms with Crippen molar-refractivity contribution >= 4 is 45.5 Å². The van der Waals surface area contributed by atoms with Crippen molar-refractivity contribution in [3.05, 3.63) is 28.1 Å². The molecule has 0 atom stereocenters. The zero-order valence-corrected chi connectivity index (χ0v) is 13.0. The quantitative estimate of drug-likeness (QED) is 0.804. The Morgan fingerprint density at radius 2 is 2.42 bits per heavy atom. The minimum atomic E-state index is 0.0490. The van der Waals surface area contributed by atoms with E-state index in [1.807, 2.05) is 18.4 Å². The van der Waals surface area contributed by atoms with Gasteiger partial charge < -0.3 is 11.1 Å². The number of aromatic nitrogens is 1. The molecule has 0 aromatic carbocycles. The molecule has 102 valence electrons. The van der Waals surface area contributed by atoms with E-state index in [2.05, 4.69) is 16.4 Å². The lowest BCUT2D eigenvalue weighted by molar-refractivity contribution is -0.118. The number of aryl methyl sites for hydroxylation is 1. The lowest BCUT2D eigenvalue weighted by Gasteiger charge is -2.03. The molecule has 7 heteroatoms. The summed E-state index contributed by atoms with van der Waals surface area (Å²) in [6.07, 6.45) is 0.889. The smallest absolute Gasteiger partial charge is 0.230 e. The number of hydrogen-bond acceptors (Lipinski definition) is 6. The van der Waals surface area contributed by atoms with E-state index in [1.165, 1.54) is 28.0 Å². The summed E-state index contributed by atoms with van der Waals surface area (Å²) in [7, 11) is 0. The van der Waals surface area contributed by atoms with Gasteiger partial charge in [0.2, 0.25) is 5.91 Å². The lowest BCUT2D eigenvalue weighted by atomic mass is 10.3. The monoisotopic (exact) mass is 313 g/mol. The first kappa shape index (κ1) is 14.4. The molecule has 0 bridgehead atoms. The maximum atomic E-state index is 11.7. The van der Waals surface area contributed by atoms with Crippen molar-refractivity contribution in [1.29, 1.82) is 0 Å². The molecule has 0 unspecified atom stereocenters. The number of rotatable bonds is 6. The standard InChI is InChI=1S/C12H15N3OS3/c1-8-11(19-12(13)15-8)18-7-10(16)14-5-4-9-3-2-6-17-9/h2-3,6H,4-5,7H2,1H3,(H2,13,15)(H,14,16). The fourth-order valence-corrected chi connectivity index (χ4v) is 4.06. The van der Waals surface area contributed by atoms with Gasteiger partial charge in [-0.15, -0.1) is 23.1 Å². The average Bonchev–Trinajstić information content (AvgIpc) is 2.97. The second kappa shape index (κ2) is 6.93. The summed E-state index contributed by atoms with van der Waals surface area (Å²) >= 11 is 4.63. The molecule has 1 amide bonds. The third-order valence-corrected chi connectivity index (χ3v) is 5.66. The SMILES string of the molecule is Cc1nc(N)sc1SCC(=O)NCCc1cccs1. The van der Waals surface area contributed by atoms with Crippen molar-refractivity contribution in [3.63, 3.8) is 0 Å². The predicted octanol–water partition coefficient (Wildman–Crippen LogP) is 2.55. The number of amides is 1. The zero-order chi connectivity index (χ0) is 13.7. The number of nitrogens with one attached hydrogen (secondary N) is 1. The van der Waals surface area contributed by atoms with Crippen LogP contribution >= 0.6 is 34.4 Å². The van der Waals surface area contributed by atoms with Gasteiger partial charge in [0.05, 0.1) is 15.7 Å². The van der Waals surface area contributed by atoms with Gasteiger partial charge >= 0.3 is 0 Å². The van der Waals surface area contributed by atoms with Crippen LogP contribution in [-0.4, -0.2) is 23.2 Å². The normalized spacial score (nSPS) is 10.6. The summed E-state index contributed by atoms with van der Waals surface area (Å²) in [5, 5.41) is 5.52. The molecule has 2 aromatic heterocycles. The van der Waals surface area contributed by atoms with Crippen molar-refractivity contribution in [2.75, 3.05) is 18.0 Å². The fourth-order valence-electron chi connectivity index (χ4n) is 1.50. The van der Waals surface area contributed by atoms with Crippen LogP contribution in [0.1, 0.15) is 10.6 Å². The molecule has 0 saturated heterocycles. The largest absolute Gasteiger partial charge is 0.375 e. The number of nitrogen functional groups attached to an aromatic ring is 1. The molecule has 2 rings (SSSR count). The molecule has 2 aromatic rings. The van der Waals surface area contributed by atoms with Crippen LogP contribution in [-0.2, 0) is 11.2 Å². The van der Waals surface area contributed by atoms with Gasteiger partial charge in [0, 0.05) is 11.4 Å². The van der Waals surface area contributed by atoms with Gasteiger partial charge in [0.1, 0.15) is 0 Å². The van der Waals surface area contributed by atoms with Gasteiger partial charge in [-0.3, -0.25) is 4.79 Å². The van der Waals surface area contributed by atoms with Gasteiger partial charge in [-0.05, 0) is 24.8 Å². The number of anilines is 1. The van der Waals surface area contributed by atoms with Crippen LogP contribution in [0.15, 0.2) is 21.7 Å². The Hall–Kier alpha value is -1.05. The Morgan fingerprint density at radius 1 is 1.58 bits per heavy atom. The Kier molecular flexibility index (Phi) is 5.24. The van der Waals surface area contributed by atoms with Crippen LogP contribution in [0.5, 0.6) is 0 Å². The van der Waals surface area contributed by atoms with Crippen molar-refractivity contribution < 1.29 is 4.79 Å². The van der Waals surface area contributed by atoms with Crippen LogP contribution in [0, 0.1) is 6.92 Å². The summed E-state index contributed by atoms with van der Waals surface area (Å²) in [4.78, 5) is 17.1. The van der Waals surface area contributed by atoms with Crippen molar-refractivity contribution in [2.24, 2.45) is 0 Å². The first-order valence-electron chi connectivity index (χ1n) is 5.80. The molecule has 4 nitrogen and oxygen atoms in total. The number of carbonyl (C=O) groups is 1. The van der Waals surface area contributed by atoms with Gasteiger partial charge in [-0.1, -0.05) is 17.4 Å². The minimum Gasteiger partial charge on any atom is -0.375 e. The van der Waals surface area contributed by atoms with Crippen molar-refractivity contribution in [3.8, 4) is 0 Å². The highest BCUT2D eigenvalue weighted by Gasteiger charge is 2.08. The number of nitrogens with two attached hydrogens (primary N) is 1. The van der Waals surface area contributed by atoms with Crippen LogP contribution in [0.25, 0.3) is 0 Å². The zero-order valence-electron chi connectivity index (χ0n) is 10.5. The molecular weight excluding hydrogens is 298 g/mol. The van der Waals surface area contributed by atoms with Crippen molar-refractivity contribution in [2.45, 2.75) is 17.6 Å². The highest BCUT2D eigenvalue weighted by molar-refractivity contribution is 8.01. The summed E-state index contributed by atoms with van der Waals surface area (Å²) < 4.78 is 1.02. The third-order valence-electron chi connectivity index (χ3n) is 2.38. The van der Waals surface area contributed by atoms with E-state index in [0.29, 0.717) is 17.4 Å². The predicted molar refractivity (Wildman–Crippen MR) is 83.0 cm³/mol. The average molecular weight is 313 g/mol. The number of carbonyl (C=O) groups excluding carboxylic acids is 1. The molecule has 3 N–H and O–H groups in total. The van der Waals surface area contributed by atoms with E-state index in [-0.39, 0.29) is 5.91 Å². The Labute approximate surface area is 124 Å². The Balaban J connectivity index is 1.68. The molecule has 0 spiro atoms. The highest BCUT2D eigenvalue weighted by atomic mass is 32.2.